The van der Waals surface area contributed by atoms with Crippen LogP contribution in [0.25, 0.3) is 11.0 Å². The van der Waals surface area contributed by atoms with Crippen molar-refractivity contribution >= 4 is 51.9 Å². The third kappa shape index (κ3) is 6.21. The molecule has 1 saturated heterocycles. The van der Waals surface area contributed by atoms with Gasteiger partial charge >= 0.3 is 5.97 Å². The molecule has 1 aliphatic carbocycles. The number of carbonyl (C=O) groups excluding carboxylic acids is 3. The Hall–Kier alpha value is -3.45. The molecule has 0 atom stereocenters. The van der Waals surface area contributed by atoms with Crippen molar-refractivity contribution in [3.8, 4) is 0 Å². The molecule has 4 heterocycles. The van der Waals surface area contributed by atoms with Crippen LogP contribution in [0.2, 0.25) is 0 Å². The number of likely N-dealkylation sites (tertiary alicyclic amines) is 1. The third-order valence-electron chi connectivity index (χ3n) is 9.17. The summed E-state index contributed by atoms with van der Waals surface area (Å²) in [6.07, 6.45) is 5.53. The van der Waals surface area contributed by atoms with Crippen LogP contribution in [0.1, 0.15) is 58.6 Å². The second-order valence-corrected chi connectivity index (χ2v) is 13.9. The average Bonchev–Trinajstić information content (AvgIpc) is 3.82. The first kappa shape index (κ1) is 30.6. The van der Waals surface area contributed by atoms with Gasteiger partial charge in [0.05, 0.1) is 15.3 Å². The minimum atomic E-state index is -1.76. The predicted molar refractivity (Wildman–Crippen MR) is 169 cm³/mol. The van der Waals surface area contributed by atoms with Crippen LogP contribution < -0.4 is 0 Å². The maximum Gasteiger partial charge on any atom is 0.349 e. The predicted octanol–water partition coefficient (Wildman–Crippen LogP) is 4.33. The summed E-state index contributed by atoms with van der Waals surface area (Å²) in [6, 6.07) is 12.6. The topological polar surface area (TPSA) is 118 Å². The number of hydrogen-bond acceptors (Lipinski definition) is 10. The molecule has 232 valence electrons. The number of ether oxygens (including phenoxy) is 1. The largest absolute Gasteiger partial charge is 0.460 e. The highest BCUT2D eigenvalue weighted by molar-refractivity contribution is 7.12. The summed E-state index contributed by atoms with van der Waals surface area (Å²) >= 11 is 2.70. The van der Waals surface area contributed by atoms with Crippen molar-refractivity contribution < 1.29 is 24.2 Å². The van der Waals surface area contributed by atoms with Crippen molar-refractivity contribution in [1.82, 2.24) is 24.8 Å². The zero-order valence-electron chi connectivity index (χ0n) is 24.8. The van der Waals surface area contributed by atoms with Crippen molar-refractivity contribution in [2.75, 3.05) is 33.2 Å². The number of aryl methyl sites for hydroxylation is 1. The number of carbonyl (C=O) groups is 3. The molecule has 2 aliphatic rings. The van der Waals surface area contributed by atoms with Crippen LogP contribution in [0.4, 0.5) is 0 Å². The van der Waals surface area contributed by atoms with E-state index >= 15 is 0 Å². The van der Waals surface area contributed by atoms with Crippen LogP contribution in [-0.2, 0) is 26.5 Å². The molecular weight excluding hydrogens is 599 g/mol. The van der Waals surface area contributed by atoms with Crippen LogP contribution in [0.3, 0.4) is 0 Å². The van der Waals surface area contributed by atoms with Crippen LogP contribution in [0.5, 0.6) is 0 Å². The number of piperidine rings is 1. The smallest absolute Gasteiger partial charge is 0.349 e. The first-order valence-corrected chi connectivity index (χ1v) is 16.8. The number of benzene rings is 1. The standard InChI is InChI=1S/C32H37N5O5S2/c1-35(12-4-13-37-26-8-7-23(22-38)19-25(26)33-34-37)29(39)9-14-36-15-10-31(11-16-36)20-24(21-31)42-30(40)32(41,27-5-2-17-43-27)28-6-3-18-44-28/h2-3,5-8,17-19,22,24,41H,4,9-16,20-21H2,1H3. The van der Waals surface area contributed by atoms with Crippen LogP contribution >= 0.6 is 22.7 Å². The first-order valence-electron chi connectivity index (χ1n) is 15.1. The minimum Gasteiger partial charge on any atom is -0.460 e. The molecule has 4 aromatic rings. The van der Waals surface area contributed by atoms with E-state index in [0.717, 1.165) is 63.5 Å². The van der Waals surface area contributed by atoms with E-state index in [2.05, 4.69) is 15.2 Å². The highest BCUT2D eigenvalue weighted by Crippen LogP contribution is 2.51. The molecule has 1 N–H and O–H groups in total. The molecule has 3 aromatic heterocycles. The lowest BCUT2D eigenvalue weighted by molar-refractivity contribution is -0.181. The SMILES string of the molecule is CN(CCCn1nnc2cc(C=O)ccc21)C(=O)CCN1CCC2(CC1)CC(OC(=O)C(O)(c1cccs1)c1cccs1)C2. The zero-order chi connectivity index (χ0) is 30.7. The number of aromatic nitrogens is 3. The van der Waals surface area contributed by atoms with Crippen LogP contribution in [-0.4, -0.2) is 87.4 Å². The van der Waals surface area contributed by atoms with E-state index in [1.807, 2.05) is 40.7 Å². The van der Waals surface area contributed by atoms with Gasteiger partial charge < -0.3 is 19.6 Å². The fourth-order valence-electron chi connectivity index (χ4n) is 6.43. The molecule has 0 radical (unpaired) electrons. The lowest BCUT2D eigenvalue weighted by atomic mass is 9.61. The van der Waals surface area contributed by atoms with E-state index in [9.17, 15) is 19.5 Å². The monoisotopic (exact) mass is 635 g/mol. The molecule has 1 aromatic carbocycles. The Morgan fingerprint density at radius 1 is 1.11 bits per heavy atom. The summed E-state index contributed by atoms with van der Waals surface area (Å²) in [5.41, 5.74) is 0.552. The minimum absolute atomic E-state index is 0.129. The van der Waals surface area contributed by atoms with Gasteiger partial charge in [0.1, 0.15) is 17.9 Å². The molecular formula is C32H37N5O5S2. The van der Waals surface area contributed by atoms with Gasteiger partial charge in [-0.1, -0.05) is 17.3 Å². The van der Waals surface area contributed by atoms with Gasteiger partial charge in [0, 0.05) is 38.7 Å². The molecule has 6 rings (SSSR count). The van der Waals surface area contributed by atoms with Gasteiger partial charge in [-0.3, -0.25) is 9.59 Å². The summed E-state index contributed by atoms with van der Waals surface area (Å²) in [5.74, 6) is -0.464. The van der Waals surface area contributed by atoms with Gasteiger partial charge in [-0.15, -0.1) is 27.8 Å². The van der Waals surface area contributed by atoms with Crippen molar-refractivity contribution in [2.45, 2.75) is 56.8 Å². The molecule has 1 amide bonds. The summed E-state index contributed by atoms with van der Waals surface area (Å²) in [6.45, 7) is 3.86. The highest BCUT2D eigenvalue weighted by atomic mass is 32.1. The lowest BCUT2D eigenvalue weighted by Crippen LogP contribution is -2.52. The van der Waals surface area contributed by atoms with E-state index < -0.39 is 11.6 Å². The molecule has 0 bridgehead atoms. The molecule has 12 heteroatoms. The Kier molecular flexibility index (Phi) is 8.95. The van der Waals surface area contributed by atoms with Crippen molar-refractivity contribution in [3.05, 3.63) is 68.5 Å². The number of rotatable bonds is 12. The number of aliphatic hydroxyl groups is 1. The molecule has 1 spiro atoms. The summed E-state index contributed by atoms with van der Waals surface area (Å²) < 4.78 is 7.70. The van der Waals surface area contributed by atoms with Gasteiger partial charge in [-0.2, -0.15) is 0 Å². The Balaban J connectivity index is 0.906. The number of esters is 1. The number of fused-ring (bicyclic) bond motifs is 1. The summed E-state index contributed by atoms with van der Waals surface area (Å²) in [5, 5.41) is 23.5. The van der Waals surface area contributed by atoms with E-state index in [-0.39, 0.29) is 17.4 Å². The number of hydrogen-bond donors (Lipinski definition) is 1. The van der Waals surface area contributed by atoms with Crippen LogP contribution in [0, 0.1) is 5.41 Å². The number of thiophene rings is 2. The molecule has 44 heavy (non-hydrogen) atoms. The van der Waals surface area contributed by atoms with Gasteiger partial charge in [0.2, 0.25) is 11.5 Å². The van der Waals surface area contributed by atoms with Crippen molar-refractivity contribution in [2.24, 2.45) is 5.41 Å². The zero-order valence-corrected chi connectivity index (χ0v) is 26.4. The second-order valence-electron chi connectivity index (χ2n) is 12.0. The van der Waals surface area contributed by atoms with Crippen molar-refractivity contribution in [1.29, 1.82) is 0 Å². The summed E-state index contributed by atoms with van der Waals surface area (Å²) in [4.78, 5) is 42.4. The summed E-state index contributed by atoms with van der Waals surface area (Å²) in [7, 11) is 1.84. The highest BCUT2D eigenvalue weighted by Gasteiger charge is 2.51. The van der Waals surface area contributed by atoms with E-state index in [0.29, 0.717) is 40.3 Å². The molecule has 1 saturated carbocycles. The molecule has 2 fully saturated rings. The first-order chi connectivity index (χ1) is 21.3. The second kappa shape index (κ2) is 12.9. The van der Waals surface area contributed by atoms with E-state index in [4.69, 9.17) is 4.74 Å². The van der Waals surface area contributed by atoms with E-state index in [1.165, 1.54) is 22.7 Å². The van der Waals surface area contributed by atoms with Crippen molar-refractivity contribution in [3.63, 3.8) is 0 Å². The Bertz CT molecular complexity index is 1550. The lowest BCUT2D eigenvalue weighted by Gasteiger charge is -2.51. The van der Waals surface area contributed by atoms with Gasteiger partial charge in [-0.25, -0.2) is 9.48 Å². The fourth-order valence-corrected chi connectivity index (χ4v) is 8.15. The van der Waals surface area contributed by atoms with Crippen LogP contribution in [0.15, 0.2) is 53.2 Å². The third-order valence-corrected chi connectivity index (χ3v) is 11.1. The molecule has 1 aliphatic heterocycles. The number of nitrogens with zero attached hydrogens (tertiary/aromatic N) is 5. The fraction of sp³-hybridized carbons (Fsp3) is 0.469. The average molecular weight is 636 g/mol. The molecule has 10 nitrogen and oxygen atoms in total. The Labute approximate surface area is 264 Å². The maximum absolute atomic E-state index is 13.3. The Morgan fingerprint density at radius 2 is 1.82 bits per heavy atom. The van der Waals surface area contributed by atoms with Gasteiger partial charge in [-0.05, 0) is 91.7 Å². The molecule has 0 unspecified atom stereocenters. The quantitative estimate of drug-likeness (QED) is 0.181. The Morgan fingerprint density at radius 3 is 2.45 bits per heavy atom. The maximum atomic E-state index is 13.3. The normalized spacial score (nSPS) is 17.0. The van der Waals surface area contributed by atoms with E-state index in [1.54, 1.807) is 29.2 Å². The van der Waals surface area contributed by atoms with Gasteiger partial charge in [0.15, 0.2) is 0 Å². The van der Waals surface area contributed by atoms with Gasteiger partial charge in [0.25, 0.3) is 0 Å². The number of aldehydes is 1. The number of amides is 1.